The van der Waals surface area contributed by atoms with E-state index in [1.54, 1.807) is 0 Å². The Kier molecular flexibility index (Phi) is 3.72. The van der Waals surface area contributed by atoms with Gasteiger partial charge in [0.2, 0.25) is 0 Å². The van der Waals surface area contributed by atoms with Crippen molar-refractivity contribution in [1.29, 1.82) is 0 Å². The Morgan fingerprint density at radius 1 is 1.17 bits per heavy atom. The summed E-state index contributed by atoms with van der Waals surface area (Å²) in [4.78, 5) is 0. The van der Waals surface area contributed by atoms with Crippen LogP contribution in [0.25, 0.3) is 0 Å². The van der Waals surface area contributed by atoms with Crippen molar-refractivity contribution in [2.24, 2.45) is 0 Å². The molecule has 0 atom stereocenters. The molecular formula is C4H13SiZr. The molecule has 0 heterocycles. The second kappa shape index (κ2) is 3.15. The third-order valence-corrected chi connectivity index (χ3v) is 20.5. The van der Waals surface area contributed by atoms with E-state index in [1.807, 2.05) is 0 Å². The molecule has 0 bridgehead atoms. The molecule has 0 spiro atoms. The van der Waals surface area contributed by atoms with Gasteiger partial charge in [-0.15, -0.1) is 0 Å². The molecule has 0 N–H and O–H groups in total. The molecule has 0 aromatic carbocycles. The van der Waals surface area contributed by atoms with Crippen molar-refractivity contribution >= 4 is 5.92 Å². The van der Waals surface area contributed by atoms with Crippen molar-refractivity contribution in [3.05, 3.63) is 0 Å². The predicted octanol–water partition coefficient (Wildman–Crippen LogP) is 1.68. The number of rotatable bonds is 1. The maximum atomic E-state index is 2.50. The van der Waals surface area contributed by atoms with Crippen LogP contribution in [0.2, 0.25) is 22.4 Å². The average Bonchev–Trinajstić information content (AvgIpc) is 1.36. The van der Waals surface area contributed by atoms with Crippen LogP contribution in [-0.4, -0.2) is 5.92 Å². The summed E-state index contributed by atoms with van der Waals surface area (Å²) in [5.41, 5.74) is 0. The van der Waals surface area contributed by atoms with Crippen LogP contribution in [-0.2, 0) is 20.9 Å². The van der Waals surface area contributed by atoms with Crippen LogP contribution in [0.4, 0.5) is 0 Å². The summed E-state index contributed by atoms with van der Waals surface area (Å²) >= 11 is -0.561. The molecule has 0 unspecified atom stereocenters. The van der Waals surface area contributed by atoms with Gasteiger partial charge in [-0.2, -0.15) is 0 Å². The van der Waals surface area contributed by atoms with Crippen LogP contribution in [0, 0.1) is 0 Å². The van der Waals surface area contributed by atoms with Gasteiger partial charge in [-0.05, 0) is 0 Å². The van der Waals surface area contributed by atoms with E-state index in [9.17, 15) is 0 Å². The van der Waals surface area contributed by atoms with E-state index in [0.717, 1.165) is 0 Å². The van der Waals surface area contributed by atoms with Crippen molar-refractivity contribution in [3.8, 4) is 0 Å². The molecule has 0 saturated carbocycles. The third-order valence-electron chi connectivity index (χ3n) is 1.15. The zero-order valence-corrected chi connectivity index (χ0v) is 8.69. The van der Waals surface area contributed by atoms with E-state index in [1.165, 1.54) is 0 Å². The summed E-state index contributed by atoms with van der Waals surface area (Å²) in [6.07, 6.45) is 0. The Labute approximate surface area is 49.2 Å². The molecule has 0 fully saturated rings. The van der Waals surface area contributed by atoms with E-state index in [2.05, 4.69) is 22.4 Å². The van der Waals surface area contributed by atoms with Gasteiger partial charge in [0.25, 0.3) is 0 Å². The van der Waals surface area contributed by atoms with Gasteiger partial charge in [-0.25, -0.2) is 0 Å². The van der Waals surface area contributed by atoms with Gasteiger partial charge in [0.05, 0.1) is 0 Å². The van der Waals surface area contributed by atoms with Gasteiger partial charge < -0.3 is 0 Å². The molecule has 0 aromatic rings. The molecule has 0 amide bonds. The summed E-state index contributed by atoms with van der Waals surface area (Å²) < 4.78 is 5.00. The molecule has 0 aliphatic carbocycles. The normalized spacial score (nSPS) is 9.50. The van der Waals surface area contributed by atoms with E-state index in [4.69, 9.17) is 0 Å². The molecule has 0 saturated heterocycles. The Hall–Kier alpha value is 1.10. The first-order valence-electron chi connectivity index (χ1n) is 2.44. The SMILES string of the molecule is C[SiH](C)[Zr]([CH3])[CH3]. The maximum absolute atomic E-state index is 2.50. The van der Waals surface area contributed by atoms with Crippen molar-refractivity contribution in [2.45, 2.75) is 22.4 Å². The monoisotopic (exact) mass is 179 g/mol. The molecule has 0 aliphatic heterocycles. The van der Waals surface area contributed by atoms with E-state index in [0.29, 0.717) is 0 Å². The number of hydrogen-bond acceptors (Lipinski definition) is 0. The summed E-state index contributed by atoms with van der Waals surface area (Å²) in [5, 5.41) is 0. The zero-order chi connectivity index (χ0) is 5.15. The predicted molar refractivity (Wildman–Crippen MR) is 30.6 cm³/mol. The molecule has 2 heteroatoms. The van der Waals surface area contributed by atoms with Crippen molar-refractivity contribution in [1.82, 2.24) is 0 Å². The molecule has 37 valence electrons. The fraction of sp³-hybridized carbons (Fsp3) is 1.00. The molecule has 0 radical (unpaired) electrons. The van der Waals surface area contributed by atoms with Gasteiger partial charge in [0, 0.05) is 0 Å². The third kappa shape index (κ3) is 3.30. The van der Waals surface area contributed by atoms with E-state index >= 15 is 0 Å². The van der Waals surface area contributed by atoms with Gasteiger partial charge >= 0.3 is 49.2 Å². The Morgan fingerprint density at radius 2 is 1.33 bits per heavy atom. The second-order valence-electron chi connectivity index (χ2n) is 2.23. The Balaban J connectivity index is 2.99. The zero-order valence-electron chi connectivity index (χ0n) is 5.08. The standard InChI is InChI=1S/C2H7Si.2CH3.Zr/c1-3-2;;;/h3H,1-2H3;2*1H3;. The number of hydrogen-bond donors (Lipinski definition) is 0. The molecule has 6 heavy (non-hydrogen) atoms. The van der Waals surface area contributed by atoms with Crippen LogP contribution in [0.5, 0.6) is 0 Å². The fourth-order valence-corrected chi connectivity index (χ4v) is 0. The van der Waals surface area contributed by atoms with E-state index < -0.39 is 20.9 Å². The fourth-order valence-electron chi connectivity index (χ4n) is 0. The van der Waals surface area contributed by atoms with Crippen LogP contribution >= 0.6 is 0 Å². The quantitative estimate of drug-likeness (QED) is 0.539. The second-order valence-corrected chi connectivity index (χ2v) is 25.2. The molecule has 0 rings (SSSR count). The first-order valence-corrected chi connectivity index (χ1v) is 14.5. The minimum atomic E-state index is -0.561. The van der Waals surface area contributed by atoms with Crippen LogP contribution < -0.4 is 0 Å². The minimum absolute atomic E-state index is 0.0472. The van der Waals surface area contributed by atoms with Crippen molar-refractivity contribution in [3.63, 3.8) is 0 Å². The van der Waals surface area contributed by atoms with Crippen molar-refractivity contribution in [2.75, 3.05) is 0 Å². The first kappa shape index (κ1) is 7.10. The van der Waals surface area contributed by atoms with Gasteiger partial charge in [0.1, 0.15) is 0 Å². The molecule has 0 aromatic heterocycles. The van der Waals surface area contributed by atoms with Gasteiger partial charge in [-0.1, -0.05) is 0 Å². The van der Waals surface area contributed by atoms with Crippen molar-refractivity contribution < 1.29 is 20.9 Å². The molecule has 0 nitrogen and oxygen atoms in total. The van der Waals surface area contributed by atoms with Crippen LogP contribution in [0.3, 0.4) is 0 Å². The van der Waals surface area contributed by atoms with Crippen LogP contribution in [0.15, 0.2) is 0 Å². The Morgan fingerprint density at radius 3 is 1.33 bits per heavy atom. The van der Waals surface area contributed by atoms with Crippen LogP contribution in [0.1, 0.15) is 0 Å². The first-order chi connectivity index (χ1) is 2.64. The van der Waals surface area contributed by atoms with E-state index in [-0.39, 0.29) is 5.92 Å². The van der Waals surface area contributed by atoms with Gasteiger partial charge in [0.15, 0.2) is 0 Å². The van der Waals surface area contributed by atoms with Gasteiger partial charge in [-0.3, -0.25) is 0 Å². The average molecular weight is 180 g/mol. The molecular weight excluding hydrogens is 167 g/mol. The summed E-state index contributed by atoms with van der Waals surface area (Å²) in [5.74, 6) is -0.0472. The summed E-state index contributed by atoms with van der Waals surface area (Å²) in [6.45, 7) is 4.93. The topological polar surface area (TPSA) is 0 Å². The summed E-state index contributed by atoms with van der Waals surface area (Å²) in [7, 11) is 0. The molecule has 0 aliphatic rings. The Bertz CT molecular complexity index is 28.5. The summed E-state index contributed by atoms with van der Waals surface area (Å²) in [6, 6.07) is 0.